The summed E-state index contributed by atoms with van der Waals surface area (Å²) in [7, 11) is -2.53. The lowest BCUT2D eigenvalue weighted by Crippen LogP contribution is -2.46. The van der Waals surface area contributed by atoms with E-state index in [0.29, 0.717) is 40.3 Å². The number of anilines is 2. The van der Waals surface area contributed by atoms with Crippen LogP contribution in [0, 0.1) is 0 Å². The Morgan fingerprint density at radius 1 is 1.05 bits per heavy atom. The minimum absolute atomic E-state index is 0.0128. The van der Waals surface area contributed by atoms with E-state index in [2.05, 4.69) is 4.90 Å². The molecule has 1 N–H and O–H groups in total. The maximum atomic E-state index is 13.8. The molecule has 3 aromatic rings. The summed E-state index contributed by atoms with van der Waals surface area (Å²) >= 11 is 12.8. The first-order valence-electron chi connectivity index (χ1n) is 12.1. The topological polar surface area (TPSA) is 96.4 Å². The Morgan fingerprint density at radius 2 is 1.76 bits per heavy atom. The van der Waals surface area contributed by atoms with Crippen LogP contribution < -0.4 is 18.7 Å². The number of rotatable bonds is 8. The normalized spacial score (nSPS) is 17.4. The van der Waals surface area contributed by atoms with Crippen molar-refractivity contribution in [1.82, 2.24) is 0 Å². The number of methoxy groups -OCH3 is 1. The highest BCUT2D eigenvalue weighted by atomic mass is 35.5. The van der Waals surface area contributed by atoms with Gasteiger partial charge in [-0.15, -0.1) is 0 Å². The van der Waals surface area contributed by atoms with Gasteiger partial charge in [-0.1, -0.05) is 35.3 Å². The van der Waals surface area contributed by atoms with Crippen LogP contribution in [0.4, 0.5) is 11.4 Å². The minimum Gasteiger partial charge on any atom is -0.497 e. The standard InChI is InChI=1S/C27H26Cl2N2O6S/c1-36-19-4-2-5-21(13-19)38(34,35)31-16-20(9-11-26(32)33)37-25-10-8-18(12-24(25)31)30-14-17(15-30)27-22(28)6-3-7-23(27)29/h2-8,10,12-13,17,20H,9,11,14-16H2,1H3,(H,32,33)/t20-/m0/s1. The van der Waals surface area contributed by atoms with Gasteiger partial charge in [-0.2, -0.15) is 0 Å². The van der Waals surface area contributed by atoms with E-state index in [9.17, 15) is 13.2 Å². The monoisotopic (exact) mass is 576 g/mol. The molecular weight excluding hydrogens is 551 g/mol. The molecule has 0 radical (unpaired) electrons. The molecular formula is C27H26Cl2N2O6S. The van der Waals surface area contributed by atoms with Crippen LogP contribution in [0.1, 0.15) is 24.3 Å². The van der Waals surface area contributed by atoms with E-state index < -0.39 is 22.1 Å². The number of ether oxygens (including phenoxy) is 2. The highest BCUT2D eigenvalue weighted by Gasteiger charge is 2.37. The number of carboxylic acid groups (broad SMARTS) is 1. The quantitative estimate of drug-likeness (QED) is 0.382. The first-order valence-corrected chi connectivity index (χ1v) is 14.2. The number of carboxylic acids is 1. The van der Waals surface area contributed by atoms with Crippen molar-refractivity contribution in [3.05, 3.63) is 76.3 Å². The van der Waals surface area contributed by atoms with Crippen molar-refractivity contribution in [1.29, 1.82) is 0 Å². The number of fused-ring (bicyclic) bond motifs is 1. The Hall–Kier alpha value is -3.14. The zero-order valence-electron chi connectivity index (χ0n) is 20.5. The van der Waals surface area contributed by atoms with Crippen LogP contribution in [-0.2, 0) is 14.8 Å². The predicted octanol–water partition coefficient (Wildman–Crippen LogP) is 5.43. The molecule has 0 saturated carbocycles. The molecule has 0 bridgehead atoms. The Kier molecular flexibility index (Phi) is 7.35. The molecule has 2 heterocycles. The molecule has 38 heavy (non-hydrogen) atoms. The average Bonchev–Trinajstić information content (AvgIpc) is 2.87. The largest absolute Gasteiger partial charge is 0.497 e. The molecule has 0 aliphatic carbocycles. The van der Waals surface area contributed by atoms with Crippen molar-refractivity contribution in [2.24, 2.45) is 0 Å². The van der Waals surface area contributed by atoms with Gasteiger partial charge in [0.25, 0.3) is 10.0 Å². The average molecular weight is 577 g/mol. The van der Waals surface area contributed by atoms with Gasteiger partial charge >= 0.3 is 5.97 Å². The van der Waals surface area contributed by atoms with Crippen LogP contribution in [0.3, 0.4) is 0 Å². The molecule has 2 aliphatic rings. The lowest BCUT2D eigenvalue weighted by molar-refractivity contribution is -0.137. The number of benzene rings is 3. The van der Waals surface area contributed by atoms with E-state index in [1.807, 2.05) is 24.3 Å². The number of hydrogen-bond donors (Lipinski definition) is 1. The summed E-state index contributed by atoms with van der Waals surface area (Å²) in [4.78, 5) is 13.4. The summed E-state index contributed by atoms with van der Waals surface area (Å²) in [5, 5.41) is 10.4. The maximum Gasteiger partial charge on any atom is 0.303 e. The number of aliphatic carboxylic acids is 1. The first-order chi connectivity index (χ1) is 18.2. The summed E-state index contributed by atoms with van der Waals surface area (Å²) in [6.07, 6.45) is -0.571. The molecule has 200 valence electrons. The van der Waals surface area contributed by atoms with Gasteiger partial charge in [0.05, 0.1) is 24.2 Å². The molecule has 0 unspecified atom stereocenters. The third-order valence-corrected chi connectivity index (χ3v) is 9.27. The van der Waals surface area contributed by atoms with E-state index in [1.54, 1.807) is 24.3 Å². The van der Waals surface area contributed by atoms with Crippen molar-refractivity contribution in [2.45, 2.75) is 29.8 Å². The van der Waals surface area contributed by atoms with Crippen molar-refractivity contribution < 1.29 is 27.8 Å². The molecule has 2 aliphatic heterocycles. The van der Waals surface area contributed by atoms with Crippen molar-refractivity contribution >= 4 is 50.6 Å². The molecule has 3 aromatic carbocycles. The number of sulfonamides is 1. The number of carbonyl (C=O) groups is 1. The number of hydrogen-bond acceptors (Lipinski definition) is 6. The lowest BCUT2D eigenvalue weighted by atomic mass is 9.90. The van der Waals surface area contributed by atoms with Gasteiger partial charge in [-0.25, -0.2) is 8.42 Å². The zero-order valence-corrected chi connectivity index (χ0v) is 22.8. The van der Waals surface area contributed by atoms with Gasteiger partial charge in [0.2, 0.25) is 0 Å². The van der Waals surface area contributed by atoms with Gasteiger partial charge in [-0.3, -0.25) is 9.10 Å². The minimum atomic E-state index is -4.00. The van der Waals surface area contributed by atoms with Gasteiger partial charge in [0.15, 0.2) is 0 Å². The molecule has 0 amide bonds. The molecule has 8 nitrogen and oxygen atoms in total. The van der Waals surface area contributed by atoms with Gasteiger partial charge < -0.3 is 19.5 Å². The summed E-state index contributed by atoms with van der Waals surface area (Å²) in [6, 6.07) is 17.1. The highest BCUT2D eigenvalue weighted by molar-refractivity contribution is 7.92. The fraction of sp³-hybridized carbons (Fsp3) is 0.296. The van der Waals surface area contributed by atoms with Gasteiger partial charge in [0, 0.05) is 47.2 Å². The van der Waals surface area contributed by atoms with E-state index in [4.69, 9.17) is 37.8 Å². The van der Waals surface area contributed by atoms with Crippen LogP contribution in [0.5, 0.6) is 11.5 Å². The summed E-state index contributed by atoms with van der Waals surface area (Å²) in [6.45, 7) is 1.33. The molecule has 1 fully saturated rings. The first kappa shape index (κ1) is 26.5. The SMILES string of the molecule is COc1cccc(S(=O)(=O)N2C[C@H](CCC(=O)O)Oc3ccc(N4CC(c5c(Cl)cccc5Cl)C4)cc32)c1. The molecule has 1 saturated heterocycles. The molecule has 0 spiro atoms. The Labute approximate surface area is 231 Å². The van der Waals surface area contributed by atoms with Crippen LogP contribution in [0.25, 0.3) is 0 Å². The molecule has 11 heteroatoms. The van der Waals surface area contributed by atoms with Crippen molar-refractivity contribution in [3.63, 3.8) is 0 Å². The van der Waals surface area contributed by atoms with Crippen LogP contribution in [-0.4, -0.2) is 52.3 Å². The fourth-order valence-corrected chi connectivity index (χ4v) is 7.06. The second kappa shape index (κ2) is 10.6. The number of nitrogens with zero attached hydrogens (tertiary/aromatic N) is 2. The third kappa shape index (κ3) is 5.10. The van der Waals surface area contributed by atoms with E-state index in [-0.39, 0.29) is 30.2 Å². The maximum absolute atomic E-state index is 13.8. The lowest BCUT2D eigenvalue weighted by Gasteiger charge is -2.43. The Balaban J connectivity index is 1.46. The molecule has 0 aromatic heterocycles. The second-order valence-corrected chi connectivity index (χ2v) is 12.0. The van der Waals surface area contributed by atoms with Crippen LogP contribution >= 0.6 is 23.2 Å². The van der Waals surface area contributed by atoms with Crippen molar-refractivity contribution in [3.8, 4) is 11.5 Å². The summed E-state index contributed by atoms with van der Waals surface area (Å²) in [5.41, 5.74) is 2.15. The van der Waals surface area contributed by atoms with Crippen LogP contribution in [0.15, 0.2) is 65.6 Å². The summed E-state index contributed by atoms with van der Waals surface area (Å²) in [5.74, 6) is -0.0166. The Morgan fingerprint density at radius 3 is 2.45 bits per heavy atom. The summed E-state index contributed by atoms with van der Waals surface area (Å²) < 4.78 is 40.3. The Bertz CT molecular complexity index is 1460. The predicted molar refractivity (Wildman–Crippen MR) is 147 cm³/mol. The third-order valence-electron chi connectivity index (χ3n) is 6.84. The molecule has 5 rings (SSSR count). The van der Waals surface area contributed by atoms with E-state index >= 15 is 0 Å². The zero-order chi connectivity index (χ0) is 27.0. The van der Waals surface area contributed by atoms with Crippen LogP contribution in [0.2, 0.25) is 10.0 Å². The number of halogens is 2. The highest BCUT2D eigenvalue weighted by Crippen LogP contribution is 2.44. The molecule has 1 atom stereocenters. The van der Waals surface area contributed by atoms with Gasteiger partial charge in [-0.05, 0) is 54.4 Å². The van der Waals surface area contributed by atoms with Gasteiger partial charge in [0.1, 0.15) is 17.6 Å². The fourth-order valence-electron chi connectivity index (χ4n) is 4.82. The smallest absolute Gasteiger partial charge is 0.303 e. The van der Waals surface area contributed by atoms with E-state index in [1.165, 1.54) is 23.5 Å². The second-order valence-electron chi connectivity index (χ2n) is 9.28. The van der Waals surface area contributed by atoms with Crippen molar-refractivity contribution in [2.75, 3.05) is 35.9 Å². The van der Waals surface area contributed by atoms with E-state index in [0.717, 1.165) is 11.3 Å².